The molecule has 1 fully saturated rings. The van der Waals surface area contributed by atoms with E-state index >= 15 is 0 Å². The number of imidazole rings is 1. The van der Waals surface area contributed by atoms with Crippen molar-refractivity contribution in [1.82, 2.24) is 18.8 Å². The van der Waals surface area contributed by atoms with Crippen LogP contribution >= 0.6 is 0 Å². The summed E-state index contributed by atoms with van der Waals surface area (Å²) >= 11 is 0. The van der Waals surface area contributed by atoms with Gasteiger partial charge in [0.15, 0.2) is 5.03 Å². The lowest BCUT2D eigenvalue weighted by molar-refractivity contribution is 0.328. The van der Waals surface area contributed by atoms with Gasteiger partial charge >= 0.3 is 0 Å². The van der Waals surface area contributed by atoms with Crippen molar-refractivity contribution in [1.29, 1.82) is 0 Å². The zero-order valence-electron chi connectivity index (χ0n) is 14.3. The van der Waals surface area contributed by atoms with Gasteiger partial charge in [-0.25, -0.2) is 13.4 Å². The summed E-state index contributed by atoms with van der Waals surface area (Å²) in [7, 11) is -3.64. The summed E-state index contributed by atoms with van der Waals surface area (Å²) in [5.74, 6) is 0. The molecule has 24 heavy (non-hydrogen) atoms. The second-order valence-electron chi connectivity index (χ2n) is 6.41. The van der Waals surface area contributed by atoms with Crippen molar-refractivity contribution >= 4 is 10.0 Å². The van der Waals surface area contributed by atoms with E-state index in [4.69, 9.17) is 0 Å². The number of nitrogens with zero attached hydrogens (tertiary/aromatic N) is 4. The van der Waals surface area contributed by atoms with Gasteiger partial charge in [-0.2, -0.15) is 4.31 Å². The van der Waals surface area contributed by atoms with Crippen molar-refractivity contribution in [2.75, 3.05) is 0 Å². The fourth-order valence-electron chi connectivity index (χ4n) is 2.81. The third-order valence-corrected chi connectivity index (χ3v) is 6.53. The van der Waals surface area contributed by atoms with Gasteiger partial charge in [-0.15, -0.1) is 0 Å². The molecule has 0 N–H and O–H groups in total. The van der Waals surface area contributed by atoms with E-state index in [9.17, 15) is 8.42 Å². The molecule has 0 saturated heterocycles. The number of rotatable bonds is 7. The first-order valence-electron chi connectivity index (χ1n) is 8.43. The Balaban J connectivity index is 1.94. The zero-order chi connectivity index (χ0) is 17.3. The first kappa shape index (κ1) is 17.1. The molecule has 0 aliphatic heterocycles. The van der Waals surface area contributed by atoms with E-state index in [1.165, 1.54) is 0 Å². The van der Waals surface area contributed by atoms with E-state index in [-0.39, 0.29) is 23.2 Å². The van der Waals surface area contributed by atoms with E-state index < -0.39 is 10.0 Å². The highest BCUT2D eigenvalue weighted by Crippen LogP contribution is 2.38. The maximum absolute atomic E-state index is 13.2. The van der Waals surface area contributed by atoms with Gasteiger partial charge in [0.25, 0.3) is 10.0 Å². The van der Waals surface area contributed by atoms with Gasteiger partial charge in [0.2, 0.25) is 0 Å². The molecule has 2 heterocycles. The van der Waals surface area contributed by atoms with Crippen molar-refractivity contribution in [3.63, 3.8) is 0 Å². The third-order valence-electron chi connectivity index (χ3n) is 4.62. The van der Waals surface area contributed by atoms with Gasteiger partial charge in [0, 0.05) is 24.5 Å². The molecule has 1 saturated carbocycles. The van der Waals surface area contributed by atoms with Crippen molar-refractivity contribution in [3.05, 3.63) is 42.6 Å². The molecule has 0 aromatic carbocycles. The van der Waals surface area contributed by atoms with Crippen LogP contribution in [0.25, 0.3) is 0 Å². The lowest BCUT2D eigenvalue weighted by atomic mass is 10.2. The van der Waals surface area contributed by atoms with Crippen LogP contribution in [-0.2, 0) is 10.0 Å². The Morgan fingerprint density at radius 3 is 2.62 bits per heavy atom. The van der Waals surface area contributed by atoms with Crippen LogP contribution in [0.3, 0.4) is 0 Å². The third kappa shape index (κ3) is 3.23. The number of hydrogen-bond donors (Lipinski definition) is 0. The molecule has 0 amide bonds. The van der Waals surface area contributed by atoms with Crippen LogP contribution in [0.4, 0.5) is 0 Å². The minimum absolute atomic E-state index is 0.0424. The van der Waals surface area contributed by atoms with E-state index in [1.807, 2.05) is 36.6 Å². The summed E-state index contributed by atoms with van der Waals surface area (Å²) in [5, 5.41) is 0.123. The van der Waals surface area contributed by atoms with Gasteiger partial charge in [-0.3, -0.25) is 4.98 Å². The fourth-order valence-corrected chi connectivity index (χ4v) is 4.59. The van der Waals surface area contributed by atoms with Crippen LogP contribution in [0.5, 0.6) is 0 Å². The van der Waals surface area contributed by atoms with Crippen molar-refractivity contribution in [2.45, 2.75) is 63.2 Å². The SMILES string of the molecule is CC[C@H](C)n1cnc(S(=O)(=O)N(C2CC2)[C@@H](C)c2ccccn2)c1. The predicted octanol–water partition coefficient (Wildman–Crippen LogP) is 3.16. The Labute approximate surface area is 143 Å². The van der Waals surface area contributed by atoms with Crippen LogP contribution in [0.2, 0.25) is 0 Å². The summed E-state index contributed by atoms with van der Waals surface area (Å²) < 4.78 is 29.8. The summed E-state index contributed by atoms with van der Waals surface area (Å²) in [4.78, 5) is 8.51. The monoisotopic (exact) mass is 348 g/mol. The molecule has 3 rings (SSSR count). The summed E-state index contributed by atoms with van der Waals surface area (Å²) in [6, 6.07) is 5.55. The van der Waals surface area contributed by atoms with Crippen LogP contribution in [0, 0.1) is 0 Å². The Hall–Kier alpha value is -1.73. The van der Waals surface area contributed by atoms with E-state index in [2.05, 4.69) is 16.9 Å². The molecular formula is C17H24N4O2S. The average Bonchev–Trinajstić information content (AvgIpc) is 3.27. The van der Waals surface area contributed by atoms with Gasteiger partial charge < -0.3 is 4.57 Å². The summed E-state index contributed by atoms with van der Waals surface area (Å²) in [5.41, 5.74) is 0.759. The molecule has 1 aliphatic rings. The number of aromatic nitrogens is 3. The molecule has 2 aromatic heterocycles. The van der Waals surface area contributed by atoms with Crippen molar-refractivity contribution < 1.29 is 8.42 Å². The lowest BCUT2D eigenvalue weighted by Crippen LogP contribution is -2.36. The summed E-state index contributed by atoms with van der Waals surface area (Å²) in [6.07, 6.45) is 7.65. The quantitative estimate of drug-likeness (QED) is 0.771. The molecular weight excluding hydrogens is 324 g/mol. The summed E-state index contributed by atoms with van der Waals surface area (Å²) in [6.45, 7) is 6.01. The Morgan fingerprint density at radius 2 is 2.04 bits per heavy atom. The van der Waals surface area contributed by atoms with Crippen molar-refractivity contribution in [3.8, 4) is 0 Å². The Morgan fingerprint density at radius 1 is 1.29 bits per heavy atom. The molecule has 0 spiro atoms. The highest BCUT2D eigenvalue weighted by atomic mass is 32.2. The van der Waals surface area contributed by atoms with Crippen LogP contribution < -0.4 is 0 Å². The van der Waals surface area contributed by atoms with Crippen LogP contribution in [0.1, 0.15) is 57.8 Å². The molecule has 2 atom stereocenters. The van der Waals surface area contributed by atoms with Crippen molar-refractivity contribution in [2.24, 2.45) is 0 Å². The lowest BCUT2D eigenvalue weighted by Gasteiger charge is -2.27. The Bertz CT molecular complexity index is 784. The minimum Gasteiger partial charge on any atom is -0.333 e. The zero-order valence-corrected chi connectivity index (χ0v) is 15.1. The standard InChI is InChI=1S/C17H24N4O2S/c1-4-13(2)20-11-17(19-12-20)24(22,23)21(15-8-9-15)14(3)16-7-5-6-10-18-16/h5-7,10-15H,4,8-9H2,1-3H3/t13-,14-/m0/s1. The topological polar surface area (TPSA) is 68.1 Å². The second-order valence-corrected chi connectivity index (χ2v) is 8.20. The molecule has 2 aromatic rings. The smallest absolute Gasteiger partial charge is 0.262 e. The molecule has 1 aliphatic carbocycles. The van der Waals surface area contributed by atoms with Gasteiger partial charge in [0.05, 0.1) is 18.1 Å². The van der Waals surface area contributed by atoms with Crippen LogP contribution in [0.15, 0.2) is 41.9 Å². The highest BCUT2D eigenvalue weighted by Gasteiger charge is 2.43. The predicted molar refractivity (Wildman–Crippen MR) is 91.9 cm³/mol. The Kier molecular flexibility index (Phi) is 4.73. The average molecular weight is 348 g/mol. The second kappa shape index (κ2) is 6.64. The number of pyridine rings is 1. The largest absolute Gasteiger partial charge is 0.333 e. The first-order valence-corrected chi connectivity index (χ1v) is 9.87. The van der Waals surface area contributed by atoms with Gasteiger partial charge in [-0.05, 0) is 45.2 Å². The minimum atomic E-state index is -3.64. The van der Waals surface area contributed by atoms with E-state index in [0.717, 1.165) is 25.0 Å². The molecule has 7 heteroatoms. The molecule has 0 radical (unpaired) electrons. The van der Waals surface area contributed by atoms with Crippen LogP contribution in [-0.4, -0.2) is 33.3 Å². The first-order chi connectivity index (χ1) is 11.4. The number of sulfonamides is 1. The van der Waals surface area contributed by atoms with E-state index in [1.54, 1.807) is 23.0 Å². The van der Waals surface area contributed by atoms with Gasteiger partial charge in [-0.1, -0.05) is 13.0 Å². The number of hydrogen-bond acceptors (Lipinski definition) is 4. The highest BCUT2D eigenvalue weighted by molar-refractivity contribution is 7.89. The fraction of sp³-hybridized carbons (Fsp3) is 0.529. The van der Waals surface area contributed by atoms with E-state index in [0.29, 0.717) is 0 Å². The maximum Gasteiger partial charge on any atom is 0.262 e. The molecule has 6 nitrogen and oxygen atoms in total. The molecule has 0 unspecified atom stereocenters. The molecule has 0 bridgehead atoms. The molecule has 130 valence electrons. The maximum atomic E-state index is 13.2. The normalized spacial score (nSPS) is 17.8. The van der Waals surface area contributed by atoms with Gasteiger partial charge in [0.1, 0.15) is 0 Å².